The number of hydrogen-bond donors (Lipinski definition) is 1. The topological polar surface area (TPSA) is 38.7 Å². The first-order valence-electron chi connectivity index (χ1n) is 6.15. The molecule has 1 rings (SSSR count). The van der Waals surface area contributed by atoms with Crippen molar-refractivity contribution >= 4 is 0 Å². The van der Waals surface area contributed by atoms with Crippen LogP contribution < -0.4 is 0 Å². The molecular weight excluding hydrogens is 204 g/mol. The summed E-state index contributed by atoms with van der Waals surface area (Å²) in [6.45, 7) is 9.84. The minimum Gasteiger partial charge on any atom is -0.390 e. The van der Waals surface area contributed by atoms with Crippen molar-refractivity contribution in [2.75, 3.05) is 19.8 Å². The van der Waals surface area contributed by atoms with E-state index in [0.717, 1.165) is 31.3 Å². The van der Waals surface area contributed by atoms with Crippen molar-refractivity contribution in [1.29, 1.82) is 0 Å². The molecule has 1 aliphatic rings. The van der Waals surface area contributed by atoms with E-state index in [1.54, 1.807) is 0 Å². The highest BCUT2D eigenvalue weighted by molar-refractivity contribution is 4.95. The number of allylic oxidation sites excluding steroid dienone is 1. The Hall–Kier alpha value is -0.380. The number of rotatable bonds is 6. The predicted molar refractivity (Wildman–Crippen MR) is 64.5 cm³/mol. The van der Waals surface area contributed by atoms with Crippen LogP contribution in [0.4, 0.5) is 0 Å². The molecule has 0 radical (unpaired) electrons. The Bertz CT molecular complexity index is 214. The van der Waals surface area contributed by atoms with Crippen LogP contribution in [-0.4, -0.2) is 36.6 Å². The van der Waals surface area contributed by atoms with Crippen LogP contribution in [0.5, 0.6) is 0 Å². The molecule has 0 amide bonds. The number of aliphatic hydroxyl groups is 1. The van der Waals surface area contributed by atoms with Gasteiger partial charge in [0, 0.05) is 32.7 Å². The van der Waals surface area contributed by atoms with E-state index in [1.807, 2.05) is 13.8 Å². The SMILES string of the molecule is C=C(C)CCC(O)C1(OCC)CCOCC1. The van der Waals surface area contributed by atoms with Gasteiger partial charge in [-0.3, -0.25) is 0 Å². The molecule has 0 aromatic carbocycles. The molecule has 0 aliphatic carbocycles. The second-order valence-corrected chi connectivity index (χ2v) is 4.62. The zero-order chi connectivity index (χ0) is 12.0. The molecule has 1 atom stereocenters. The van der Waals surface area contributed by atoms with Crippen molar-refractivity contribution in [2.24, 2.45) is 0 Å². The van der Waals surface area contributed by atoms with Crippen LogP contribution in [0, 0.1) is 0 Å². The minimum absolute atomic E-state index is 0.386. The van der Waals surface area contributed by atoms with Gasteiger partial charge in [-0.25, -0.2) is 0 Å². The van der Waals surface area contributed by atoms with Gasteiger partial charge in [0.25, 0.3) is 0 Å². The fourth-order valence-corrected chi connectivity index (χ4v) is 2.22. The molecule has 3 heteroatoms. The molecular formula is C13H24O3. The summed E-state index contributed by atoms with van der Waals surface area (Å²) in [5.74, 6) is 0. The summed E-state index contributed by atoms with van der Waals surface area (Å²) in [7, 11) is 0. The lowest BCUT2D eigenvalue weighted by molar-refractivity contribution is -0.167. The molecule has 1 saturated heterocycles. The molecule has 94 valence electrons. The molecule has 0 spiro atoms. The van der Waals surface area contributed by atoms with E-state index in [2.05, 4.69) is 6.58 Å². The van der Waals surface area contributed by atoms with Crippen LogP contribution in [-0.2, 0) is 9.47 Å². The highest BCUT2D eigenvalue weighted by Crippen LogP contribution is 2.31. The lowest BCUT2D eigenvalue weighted by atomic mass is 9.85. The van der Waals surface area contributed by atoms with Crippen LogP contribution in [0.25, 0.3) is 0 Å². The zero-order valence-corrected chi connectivity index (χ0v) is 10.5. The van der Waals surface area contributed by atoms with Crippen molar-refractivity contribution in [3.05, 3.63) is 12.2 Å². The quantitative estimate of drug-likeness (QED) is 0.709. The molecule has 1 fully saturated rings. The van der Waals surface area contributed by atoms with Crippen LogP contribution in [0.3, 0.4) is 0 Å². The smallest absolute Gasteiger partial charge is 0.0983 e. The van der Waals surface area contributed by atoms with Crippen LogP contribution in [0.15, 0.2) is 12.2 Å². The summed E-state index contributed by atoms with van der Waals surface area (Å²) in [5, 5.41) is 10.3. The van der Waals surface area contributed by atoms with E-state index in [4.69, 9.17) is 9.47 Å². The number of ether oxygens (including phenoxy) is 2. The Morgan fingerprint density at radius 1 is 1.50 bits per heavy atom. The molecule has 0 aromatic rings. The van der Waals surface area contributed by atoms with E-state index in [-0.39, 0.29) is 5.60 Å². The summed E-state index contributed by atoms with van der Waals surface area (Å²) in [4.78, 5) is 0. The van der Waals surface area contributed by atoms with E-state index in [9.17, 15) is 5.11 Å². The van der Waals surface area contributed by atoms with Gasteiger partial charge in [0.2, 0.25) is 0 Å². The first-order chi connectivity index (χ1) is 7.60. The van der Waals surface area contributed by atoms with Crippen LogP contribution in [0.2, 0.25) is 0 Å². The largest absolute Gasteiger partial charge is 0.390 e. The maximum Gasteiger partial charge on any atom is 0.0983 e. The monoisotopic (exact) mass is 228 g/mol. The molecule has 16 heavy (non-hydrogen) atoms. The Kier molecular flexibility index (Phi) is 5.46. The fourth-order valence-electron chi connectivity index (χ4n) is 2.22. The van der Waals surface area contributed by atoms with Crippen LogP contribution >= 0.6 is 0 Å². The van der Waals surface area contributed by atoms with E-state index in [0.29, 0.717) is 19.8 Å². The average molecular weight is 228 g/mol. The minimum atomic E-state index is -0.409. The number of hydrogen-bond acceptors (Lipinski definition) is 3. The highest BCUT2D eigenvalue weighted by Gasteiger charge is 2.39. The fraction of sp³-hybridized carbons (Fsp3) is 0.846. The summed E-state index contributed by atoms with van der Waals surface area (Å²) in [5.41, 5.74) is 0.723. The van der Waals surface area contributed by atoms with Gasteiger partial charge in [-0.1, -0.05) is 5.57 Å². The third kappa shape index (κ3) is 3.58. The Balaban J connectivity index is 2.56. The second-order valence-electron chi connectivity index (χ2n) is 4.62. The number of aliphatic hydroxyl groups excluding tert-OH is 1. The van der Waals surface area contributed by atoms with Crippen molar-refractivity contribution in [3.8, 4) is 0 Å². The molecule has 0 aromatic heterocycles. The van der Waals surface area contributed by atoms with Gasteiger partial charge in [0.05, 0.1) is 11.7 Å². The third-order valence-electron chi connectivity index (χ3n) is 3.22. The molecule has 1 heterocycles. The van der Waals surface area contributed by atoms with Gasteiger partial charge < -0.3 is 14.6 Å². The highest BCUT2D eigenvalue weighted by atomic mass is 16.5. The third-order valence-corrected chi connectivity index (χ3v) is 3.22. The molecule has 3 nitrogen and oxygen atoms in total. The van der Waals surface area contributed by atoms with E-state index < -0.39 is 6.10 Å². The normalized spacial score (nSPS) is 21.7. The molecule has 1 aliphatic heterocycles. The maximum atomic E-state index is 10.3. The maximum absolute atomic E-state index is 10.3. The first kappa shape index (κ1) is 13.7. The van der Waals surface area contributed by atoms with Crippen molar-refractivity contribution in [2.45, 2.75) is 51.2 Å². The van der Waals surface area contributed by atoms with Gasteiger partial charge in [-0.2, -0.15) is 0 Å². The Morgan fingerprint density at radius 3 is 2.62 bits per heavy atom. The van der Waals surface area contributed by atoms with Gasteiger partial charge in [0.1, 0.15) is 0 Å². The summed E-state index contributed by atoms with van der Waals surface area (Å²) in [6, 6.07) is 0. The molecule has 1 unspecified atom stereocenters. The van der Waals surface area contributed by atoms with Gasteiger partial charge in [-0.05, 0) is 26.7 Å². The molecule has 0 bridgehead atoms. The molecule has 0 saturated carbocycles. The van der Waals surface area contributed by atoms with Gasteiger partial charge in [0.15, 0.2) is 0 Å². The summed E-state index contributed by atoms with van der Waals surface area (Å²) >= 11 is 0. The lowest BCUT2D eigenvalue weighted by Crippen LogP contribution is -2.49. The summed E-state index contributed by atoms with van der Waals surface area (Å²) < 4.78 is 11.1. The second kappa shape index (κ2) is 6.38. The summed E-state index contributed by atoms with van der Waals surface area (Å²) in [6.07, 6.45) is 2.76. The van der Waals surface area contributed by atoms with Crippen LogP contribution in [0.1, 0.15) is 39.5 Å². The van der Waals surface area contributed by atoms with E-state index >= 15 is 0 Å². The van der Waals surface area contributed by atoms with Crippen molar-refractivity contribution in [1.82, 2.24) is 0 Å². The molecule has 1 N–H and O–H groups in total. The van der Waals surface area contributed by atoms with Gasteiger partial charge >= 0.3 is 0 Å². The lowest BCUT2D eigenvalue weighted by Gasteiger charge is -2.40. The average Bonchev–Trinajstić information content (AvgIpc) is 2.27. The van der Waals surface area contributed by atoms with Crippen molar-refractivity contribution in [3.63, 3.8) is 0 Å². The zero-order valence-electron chi connectivity index (χ0n) is 10.5. The Labute approximate surface area is 98.4 Å². The van der Waals surface area contributed by atoms with Crippen molar-refractivity contribution < 1.29 is 14.6 Å². The predicted octanol–water partition coefficient (Wildman–Crippen LogP) is 2.29. The van der Waals surface area contributed by atoms with Gasteiger partial charge in [-0.15, -0.1) is 6.58 Å². The first-order valence-corrected chi connectivity index (χ1v) is 6.15. The van der Waals surface area contributed by atoms with E-state index in [1.165, 1.54) is 0 Å². The Morgan fingerprint density at radius 2 is 2.12 bits per heavy atom. The standard InChI is InChI=1S/C13H24O3/c1-4-16-13(7-9-15-10-8-13)12(14)6-5-11(2)3/h12,14H,2,4-10H2,1,3H3.